The number of carbonyl (C=O) groups is 2. The Bertz CT molecular complexity index is 2610. The molecular formula is C46H30O3. The lowest BCUT2D eigenvalue weighted by molar-refractivity contribution is 0.104. The van der Waals surface area contributed by atoms with Crippen LogP contribution in [0.2, 0.25) is 0 Å². The van der Waals surface area contributed by atoms with Gasteiger partial charge in [-0.1, -0.05) is 133 Å². The predicted octanol–water partition coefficient (Wildman–Crippen LogP) is 11.4. The molecule has 0 radical (unpaired) electrons. The zero-order valence-corrected chi connectivity index (χ0v) is 27.1. The molecule has 0 bridgehead atoms. The fraction of sp³-hybridized carbons (Fsp3) is 0.0435. The second kappa shape index (κ2) is 11.1. The van der Waals surface area contributed by atoms with Gasteiger partial charge in [0, 0.05) is 33.0 Å². The molecule has 0 N–H and O–H groups in total. The Kier molecular flexibility index (Phi) is 6.56. The summed E-state index contributed by atoms with van der Waals surface area (Å²) < 4.78 is 6.56. The number of carbonyl (C=O) groups excluding carboxylic acids is 2. The van der Waals surface area contributed by atoms with Crippen molar-refractivity contribution in [1.29, 1.82) is 0 Å². The molecule has 3 nitrogen and oxygen atoms in total. The largest absolute Gasteiger partial charge is 0.495 e. The van der Waals surface area contributed by atoms with E-state index in [1.807, 2.05) is 60.7 Å². The summed E-state index contributed by atoms with van der Waals surface area (Å²) in [6, 6.07) is 41.2. The van der Waals surface area contributed by atoms with Crippen molar-refractivity contribution >= 4 is 45.3 Å². The van der Waals surface area contributed by atoms with E-state index in [1.54, 1.807) is 19.3 Å². The number of rotatable bonds is 5. The topological polar surface area (TPSA) is 43.4 Å². The van der Waals surface area contributed by atoms with Gasteiger partial charge in [-0.15, -0.1) is 0 Å². The van der Waals surface area contributed by atoms with Gasteiger partial charge in [0.15, 0.2) is 11.6 Å². The van der Waals surface area contributed by atoms with E-state index in [1.165, 1.54) is 0 Å². The van der Waals surface area contributed by atoms with Crippen LogP contribution in [0, 0.1) is 6.92 Å². The number of hydrogen-bond acceptors (Lipinski definition) is 3. The summed E-state index contributed by atoms with van der Waals surface area (Å²) >= 11 is 0. The third kappa shape index (κ3) is 4.29. The summed E-state index contributed by atoms with van der Waals surface area (Å²) in [5.74, 6) is 0.596. The van der Waals surface area contributed by atoms with Gasteiger partial charge in [-0.25, -0.2) is 0 Å². The van der Waals surface area contributed by atoms with Gasteiger partial charge in [-0.2, -0.15) is 0 Å². The SMILES string of the molecule is COc1c(-c2ccccc2)c(-c2ccc3cccc4c3c2C(=O)C=C4)c(C)c(-c2ccccc2)c1-c1ccc2cccc3c2c1C(=O)C=C3. The molecule has 0 aliphatic heterocycles. The lowest BCUT2D eigenvalue weighted by atomic mass is 9.76. The van der Waals surface area contributed by atoms with Gasteiger partial charge in [-0.3, -0.25) is 9.59 Å². The van der Waals surface area contributed by atoms with Crippen LogP contribution in [0.4, 0.5) is 0 Å². The van der Waals surface area contributed by atoms with Crippen molar-refractivity contribution in [3.8, 4) is 50.3 Å². The van der Waals surface area contributed by atoms with Crippen LogP contribution in [0.15, 0.2) is 133 Å². The maximum atomic E-state index is 14.0. The lowest BCUT2D eigenvalue weighted by Gasteiger charge is -2.28. The summed E-state index contributed by atoms with van der Waals surface area (Å²) in [7, 11) is 1.70. The summed E-state index contributed by atoms with van der Waals surface area (Å²) in [5.41, 5.74) is 11.6. The van der Waals surface area contributed by atoms with Crippen molar-refractivity contribution in [2.24, 2.45) is 0 Å². The van der Waals surface area contributed by atoms with Crippen LogP contribution >= 0.6 is 0 Å². The minimum Gasteiger partial charge on any atom is -0.495 e. The second-order valence-corrected chi connectivity index (χ2v) is 12.7. The first kappa shape index (κ1) is 28.9. The summed E-state index contributed by atoms with van der Waals surface area (Å²) in [6.45, 7) is 2.14. The molecule has 0 fully saturated rings. The molecule has 2 aliphatic rings. The van der Waals surface area contributed by atoms with Gasteiger partial charge in [0.1, 0.15) is 5.75 Å². The molecule has 3 heteroatoms. The highest BCUT2D eigenvalue weighted by Gasteiger charge is 2.32. The molecule has 0 saturated heterocycles. The number of allylic oxidation sites excluding steroid dienone is 2. The van der Waals surface area contributed by atoms with Gasteiger partial charge < -0.3 is 4.74 Å². The van der Waals surface area contributed by atoms with Gasteiger partial charge in [0.2, 0.25) is 0 Å². The van der Waals surface area contributed by atoms with E-state index in [0.717, 1.165) is 82.7 Å². The molecule has 7 aromatic carbocycles. The van der Waals surface area contributed by atoms with Crippen LogP contribution in [0.5, 0.6) is 5.75 Å². The van der Waals surface area contributed by atoms with E-state index >= 15 is 0 Å². The first-order chi connectivity index (χ1) is 24.0. The van der Waals surface area contributed by atoms with E-state index < -0.39 is 0 Å². The Morgan fingerprint density at radius 3 is 1.43 bits per heavy atom. The van der Waals surface area contributed by atoms with E-state index in [0.29, 0.717) is 16.9 Å². The van der Waals surface area contributed by atoms with Crippen molar-refractivity contribution < 1.29 is 14.3 Å². The first-order valence-electron chi connectivity index (χ1n) is 16.5. The van der Waals surface area contributed by atoms with Crippen LogP contribution in [0.3, 0.4) is 0 Å². The smallest absolute Gasteiger partial charge is 0.187 e. The van der Waals surface area contributed by atoms with Crippen molar-refractivity contribution in [3.63, 3.8) is 0 Å². The number of methoxy groups -OCH3 is 1. The highest BCUT2D eigenvalue weighted by atomic mass is 16.5. The average Bonchev–Trinajstić information content (AvgIpc) is 3.15. The van der Waals surface area contributed by atoms with E-state index in [9.17, 15) is 9.59 Å². The van der Waals surface area contributed by atoms with Crippen LogP contribution in [0.25, 0.3) is 78.2 Å². The fourth-order valence-electron chi connectivity index (χ4n) is 8.01. The highest BCUT2D eigenvalue weighted by Crippen LogP contribution is 2.55. The Morgan fingerprint density at radius 2 is 0.918 bits per heavy atom. The summed E-state index contributed by atoms with van der Waals surface area (Å²) in [6.07, 6.45) is 7.17. The Labute approximate surface area is 284 Å². The third-order valence-corrected chi connectivity index (χ3v) is 10.0. The quantitative estimate of drug-likeness (QED) is 0.190. The molecule has 9 rings (SSSR count). The molecule has 232 valence electrons. The Balaban J connectivity index is 1.50. The zero-order chi connectivity index (χ0) is 33.2. The zero-order valence-electron chi connectivity index (χ0n) is 27.1. The lowest BCUT2D eigenvalue weighted by Crippen LogP contribution is -2.09. The monoisotopic (exact) mass is 630 g/mol. The number of hydrogen-bond donors (Lipinski definition) is 0. The minimum atomic E-state index is -0.0350. The Hall–Kier alpha value is -6.32. The summed E-state index contributed by atoms with van der Waals surface area (Å²) in [4.78, 5) is 27.9. The standard InChI is InChI=1S/C46H30O3/c1-27-38(28-11-5-3-6-12-28)45(35-24-20-31-16-10-18-33-22-26-37(48)44(35)41(31)33)46(49-2)42(29-13-7-4-8-14-29)39(27)34-23-19-30-15-9-17-32-21-25-36(47)43(34)40(30)32/h3-26H,1-2H3. The van der Waals surface area contributed by atoms with E-state index in [-0.39, 0.29) is 11.6 Å². The van der Waals surface area contributed by atoms with E-state index in [4.69, 9.17) is 4.74 Å². The van der Waals surface area contributed by atoms with E-state index in [2.05, 4.69) is 79.7 Å². The molecule has 0 unspecified atom stereocenters. The molecule has 0 amide bonds. The molecule has 0 heterocycles. The van der Waals surface area contributed by atoms with Gasteiger partial charge in [0.25, 0.3) is 0 Å². The molecule has 0 saturated carbocycles. The first-order valence-corrected chi connectivity index (χ1v) is 16.5. The minimum absolute atomic E-state index is 0.0223. The van der Waals surface area contributed by atoms with Gasteiger partial charge >= 0.3 is 0 Å². The van der Waals surface area contributed by atoms with Crippen LogP contribution in [0.1, 0.15) is 37.4 Å². The molecule has 2 aliphatic carbocycles. The molecule has 7 aromatic rings. The number of benzene rings is 7. The van der Waals surface area contributed by atoms with Crippen LogP contribution in [-0.2, 0) is 0 Å². The maximum Gasteiger partial charge on any atom is 0.187 e. The molecule has 0 atom stereocenters. The summed E-state index contributed by atoms with van der Waals surface area (Å²) in [5, 5.41) is 3.94. The van der Waals surface area contributed by atoms with Crippen LogP contribution < -0.4 is 4.74 Å². The molecule has 49 heavy (non-hydrogen) atoms. The molecule has 0 aromatic heterocycles. The molecule has 0 spiro atoms. The normalized spacial score (nSPS) is 13.0. The predicted molar refractivity (Wildman–Crippen MR) is 201 cm³/mol. The van der Waals surface area contributed by atoms with Gasteiger partial charge in [0.05, 0.1) is 7.11 Å². The fourth-order valence-corrected chi connectivity index (χ4v) is 8.01. The van der Waals surface area contributed by atoms with Crippen LogP contribution in [-0.4, -0.2) is 18.7 Å². The van der Waals surface area contributed by atoms with Gasteiger partial charge in [-0.05, 0) is 79.9 Å². The Morgan fingerprint density at radius 1 is 0.429 bits per heavy atom. The third-order valence-electron chi connectivity index (χ3n) is 10.0. The second-order valence-electron chi connectivity index (χ2n) is 12.7. The maximum absolute atomic E-state index is 14.0. The van der Waals surface area contributed by atoms with Crippen molar-refractivity contribution in [3.05, 3.63) is 161 Å². The molecular weight excluding hydrogens is 601 g/mol. The average molecular weight is 631 g/mol. The highest BCUT2D eigenvalue weighted by molar-refractivity contribution is 6.26. The van der Waals surface area contributed by atoms with Crippen molar-refractivity contribution in [1.82, 2.24) is 0 Å². The number of ketones is 2. The van der Waals surface area contributed by atoms with Crippen molar-refractivity contribution in [2.75, 3.05) is 7.11 Å². The van der Waals surface area contributed by atoms with Crippen molar-refractivity contribution in [2.45, 2.75) is 6.92 Å². The number of ether oxygens (including phenoxy) is 1.